The quantitative estimate of drug-likeness (QED) is 0.635. The Hall–Kier alpha value is -1.26. The molecule has 0 aromatic heterocycles. The Morgan fingerprint density at radius 1 is 1.30 bits per heavy atom. The minimum Gasteiger partial charge on any atom is -0.469 e. The maximum absolute atomic E-state index is 12.8. The third kappa shape index (κ3) is 3.05. The molecule has 1 N–H and O–H groups in total. The van der Waals surface area contributed by atoms with Gasteiger partial charge in [0.1, 0.15) is 0 Å². The van der Waals surface area contributed by atoms with Gasteiger partial charge in [0.05, 0.1) is 23.2 Å². The van der Waals surface area contributed by atoms with E-state index in [0.717, 1.165) is 24.0 Å². The number of rotatable bonds is 2. The summed E-state index contributed by atoms with van der Waals surface area (Å²) in [5.74, 6) is -0.443. The number of methoxy groups -OCH3 is 1. The van der Waals surface area contributed by atoms with Crippen molar-refractivity contribution in [3.05, 3.63) is 27.2 Å². The van der Waals surface area contributed by atoms with E-state index in [1.165, 1.54) is 7.11 Å². The number of amides is 1. The van der Waals surface area contributed by atoms with E-state index in [9.17, 15) is 9.59 Å². The molecule has 3 rings (SSSR count). The molecule has 1 aliphatic heterocycles. The van der Waals surface area contributed by atoms with Crippen LogP contribution in [-0.2, 0) is 19.7 Å². The van der Waals surface area contributed by atoms with Crippen molar-refractivity contribution in [2.75, 3.05) is 12.4 Å². The predicted octanol–water partition coefficient (Wildman–Crippen LogP) is 5.70. The number of ether oxygens (including phenoxy) is 1. The summed E-state index contributed by atoms with van der Waals surface area (Å²) in [5, 5.41) is 4.12. The summed E-state index contributed by atoms with van der Waals surface area (Å²) in [6.07, 6.45) is 2.68. The number of fused-ring (bicyclic) bond motifs is 3. The van der Waals surface area contributed by atoms with Crippen LogP contribution in [0.1, 0.15) is 70.4 Å². The second-order valence-corrected chi connectivity index (χ2v) is 9.43. The molecule has 1 saturated carbocycles. The Morgan fingerprint density at radius 2 is 1.96 bits per heavy atom. The molecule has 2 aliphatic rings. The van der Waals surface area contributed by atoms with Crippen LogP contribution in [0, 0.1) is 11.3 Å². The molecule has 148 valence electrons. The number of esters is 1. The smallest absolute Gasteiger partial charge is 0.311 e. The molecule has 1 aliphatic carbocycles. The van der Waals surface area contributed by atoms with Gasteiger partial charge in [-0.2, -0.15) is 0 Å². The molecule has 0 spiro atoms. The van der Waals surface area contributed by atoms with Gasteiger partial charge in [-0.1, -0.05) is 50.4 Å². The molecule has 0 unspecified atom stereocenters. The van der Waals surface area contributed by atoms with Crippen LogP contribution in [0.2, 0.25) is 10.0 Å². The Labute approximate surface area is 170 Å². The van der Waals surface area contributed by atoms with Gasteiger partial charge in [-0.25, -0.2) is 0 Å². The molecule has 1 heterocycles. The normalized spacial score (nSPS) is 30.2. The van der Waals surface area contributed by atoms with Gasteiger partial charge in [-0.05, 0) is 54.2 Å². The third-order valence-corrected chi connectivity index (χ3v) is 7.39. The van der Waals surface area contributed by atoms with Crippen molar-refractivity contribution in [2.45, 2.75) is 64.7 Å². The first-order valence-electron chi connectivity index (χ1n) is 9.47. The molecule has 0 bridgehead atoms. The number of nitrogens with one attached hydrogen (secondary N) is 1. The van der Waals surface area contributed by atoms with Crippen LogP contribution in [-0.4, -0.2) is 19.0 Å². The van der Waals surface area contributed by atoms with E-state index in [1.807, 2.05) is 26.8 Å². The first kappa shape index (κ1) is 20.5. The molecule has 1 fully saturated rings. The van der Waals surface area contributed by atoms with Crippen LogP contribution in [0.5, 0.6) is 0 Å². The van der Waals surface area contributed by atoms with Crippen molar-refractivity contribution in [3.8, 4) is 0 Å². The maximum atomic E-state index is 12.8. The molecule has 0 saturated heterocycles. The molecule has 3 atom stereocenters. The lowest BCUT2D eigenvalue weighted by atomic mass is 9.53. The zero-order valence-corrected chi connectivity index (χ0v) is 18.1. The fourth-order valence-electron chi connectivity index (χ4n) is 5.24. The molecule has 4 nitrogen and oxygen atoms in total. The van der Waals surface area contributed by atoms with E-state index in [4.69, 9.17) is 27.9 Å². The Bertz CT molecular complexity index is 807. The zero-order chi connectivity index (χ0) is 20.1. The van der Waals surface area contributed by atoms with Crippen LogP contribution >= 0.6 is 23.2 Å². The first-order chi connectivity index (χ1) is 12.6. The summed E-state index contributed by atoms with van der Waals surface area (Å²) in [6, 6.07) is 1.94. The molecule has 1 aromatic carbocycles. The topological polar surface area (TPSA) is 55.4 Å². The average Bonchev–Trinajstić information content (AvgIpc) is 2.70. The van der Waals surface area contributed by atoms with Crippen molar-refractivity contribution in [2.24, 2.45) is 11.3 Å². The number of hydrogen-bond donors (Lipinski definition) is 1. The van der Waals surface area contributed by atoms with Crippen LogP contribution in [0.3, 0.4) is 0 Å². The van der Waals surface area contributed by atoms with Crippen LogP contribution in [0.25, 0.3) is 0 Å². The van der Waals surface area contributed by atoms with Gasteiger partial charge in [-0.15, -0.1) is 0 Å². The summed E-state index contributed by atoms with van der Waals surface area (Å²) in [4.78, 5) is 25.5. The summed E-state index contributed by atoms with van der Waals surface area (Å²) in [6.45, 7) is 8.10. The van der Waals surface area contributed by atoms with Gasteiger partial charge < -0.3 is 10.1 Å². The highest BCUT2D eigenvalue weighted by molar-refractivity contribution is 6.38. The van der Waals surface area contributed by atoms with Crippen molar-refractivity contribution in [1.82, 2.24) is 0 Å². The molecule has 1 aromatic rings. The van der Waals surface area contributed by atoms with E-state index in [1.54, 1.807) is 0 Å². The third-order valence-electron chi connectivity index (χ3n) is 6.68. The van der Waals surface area contributed by atoms with Crippen molar-refractivity contribution < 1.29 is 14.3 Å². The predicted molar refractivity (Wildman–Crippen MR) is 109 cm³/mol. The highest BCUT2D eigenvalue weighted by Gasteiger charge is 2.56. The summed E-state index contributed by atoms with van der Waals surface area (Å²) < 4.78 is 5.13. The molecular formula is C21H27Cl2NO3. The van der Waals surface area contributed by atoms with Crippen molar-refractivity contribution in [3.63, 3.8) is 0 Å². The van der Waals surface area contributed by atoms with E-state index < -0.39 is 10.8 Å². The average molecular weight is 412 g/mol. The number of anilines is 1. The number of carbonyl (C=O) groups excluding carboxylic acids is 2. The fourth-order valence-corrected chi connectivity index (χ4v) is 6.18. The van der Waals surface area contributed by atoms with Gasteiger partial charge in [0.15, 0.2) is 0 Å². The zero-order valence-electron chi connectivity index (χ0n) is 16.5. The van der Waals surface area contributed by atoms with Gasteiger partial charge >= 0.3 is 5.97 Å². The van der Waals surface area contributed by atoms with Crippen LogP contribution in [0.15, 0.2) is 6.07 Å². The van der Waals surface area contributed by atoms with Gasteiger partial charge in [0.2, 0.25) is 5.91 Å². The SMILES string of the molecule is COC(=O)[C@]1(C)CCC[C@]2(C)c3cc(Cl)c(C(C)C)c(Cl)c3NC(=O)C[C@@H]12. The minimum atomic E-state index is -0.726. The van der Waals surface area contributed by atoms with E-state index in [0.29, 0.717) is 22.2 Å². The number of hydrogen-bond acceptors (Lipinski definition) is 3. The number of halogens is 2. The summed E-state index contributed by atoms with van der Waals surface area (Å²) in [5.41, 5.74) is 1.28. The van der Waals surface area contributed by atoms with E-state index in [2.05, 4.69) is 12.2 Å². The molecule has 27 heavy (non-hydrogen) atoms. The second kappa shape index (κ2) is 6.97. The monoisotopic (exact) mass is 411 g/mol. The Balaban J connectivity index is 2.27. The second-order valence-electron chi connectivity index (χ2n) is 8.65. The number of carbonyl (C=O) groups is 2. The Morgan fingerprint density at radius 3 is 2.56 bits per heavy atom. The van der Waals surface area contributed by atoms with Gasteiger partial charge in [-0.3, -0.25) is 9.59 Å². The van der Waals surface area contributed by atoms with E-state index >= 15 is 0 Å². The van der Waals surface area contributed by atoms with Crippen molar-refractivity contribution in [1.29, 1.82) is 0 Å². The Kier molecular flexibility index (Phi) is 5.28. The highest BCUT2D eigenvalue weighted by atomic mass is 35.5. The minimum absolute atomic E-state index is 0.124. The molecule has 0 radical (unpaired) electrons. The fraction of sp³-hybridized carbons (Fsp3) is 0.619. The summed E-state index contributed by atoms with van der Waals surface area (Å²) >= 11 is 13.3. The van der Waals surface area contributed by atoms with Gasteiger partial charge in [0.25, 0.3) is 0 Å². The first-order valence-corrected chi connectivity index (χ1v) is 10.2. The lowest BCUT2D eigenvalue weighted by Gasteiger charge is -2.50. The molecule has 1 amide bonds. The van der Waals surface area contributed by atoms with Crippen LogP contribution < -0.4 is 5.32 Å². The molecule has 6 heteroatoms. The lowest BCUT2D eigenvalue weighted by Crippen LogP contribution is -2.50. The standard InChI is InChI=1S/C21H27Cl2NO3/c1-11(2)16-13(22)9-12-18(17(16)23)24-15(25)10-14-20(12,3)7-6-8-21(14,4)19(26)27-5/h9,11,14H,6-8,10H2,1-5H3,(H,24,25)/t14-,20-,21-/m1/s1. The van der Waals surface area contributed by atoms with Crippen molar-refractivity contribution >= 4 is 40.8 Å². The highest BCUT2D eigenvalue weighted by Crippen LogP contribution is 2.58. The van der Waals surface area contributed by atoms with E-state index in [-0.39, 0.29) is 30.1 Å². The largest absolute Gasteiger partial charge is 0.469 e. The number of benzene rings is 1. The van der Waals surface area contributed by atoms with Crippen LogP contribution in [0.4, 0.5) is 5.69 Å². The lowest BCUT2D eigenvalue weighted by molar-refractivity contribution is -0.161. The molecular weight excluding hydrogens is 385 g/mol. The maximum Gasteiger partial charge on any atom is 0.311 e. The summed E-state index contributed by atoms with van der Waals surface area (Å²) in [7, 11) is 1.41. The van der Waals surface area contributed by atoms with Gasteiger partial charge in [0, 0.05) is 11.4 Å².